The Hall–Kier alpha value is -2.99. The van der Waals surface area contributed by atoms with Gasteiger partial charge in [0.15, 0.2) is 0 Å². The fourth-order valence-corrected chi connectivity index (χ4v) is 3.74. The molecule has 0 saturated carbocycles. The van der Waals surface area contributed by atoms with Crippen LogP contribution in [0.5, 0.6) is 0 Å². The topological polar surface area (TPSA) is 86.0 Å². The molecular formula is C22H25ClFN5. The number of rotatable bonds is 5. The lowest BCUT2D eigenvalue weighted by Gasteiger charge is -2.22. The highest BCUT2D eigenvalue weighted by Crippen LogP contribution is 2.36. The van der Waals surface area contributed by atoms with E-state index < -0.39 is 5.82 Å². The second-order valence-electron chi connectivity index (χ2n) is 6.90. The molecular weight excluding hydrogens is 389 g/mol. The van der Waals surface area contributed by atoms with Gasteiger partial charge >= 0.3 is 0 Å². The zero-order valence-electron chi connectivity index (χ0n) is 16.4. The van der Waals surface area contributed by atoms with E-state index in [9.17, 15) is 4.39 Å². The lowest BCUT2D eigenvalue weighted by molar-refractivity contribution is 0.619. The molecule has 5 nitrogen and oxygen atoms in total. The maximum absolute atomic E-state index is 14.4. The Balaban J connectivity index is 2.14. The molecule has 1 heterocycles. The molecule has 0 aromatic heterocycles. The Morgan fingerprint density at radius 2 is 2.14 bits per heavy atom. The van der Waals surface area contributed by atoms with Crippen molar-refractivity contribution in [3.05, 3.63) is 75.8 Å². The second kappa shape index (κ2) is 9.01. The second-order valence-corrected chi connectivity index (χ2v) is 7.31. The number of anilines is 1. The fourth-order valence-electron chi connectivity index (χ4n) is 3.53. The van der Waals surface area contributed by atoms with Crippen LogP contribution in [0.3, 0.4) is 0 Å². The Morgan fingerprint density at radius 1 is 1.34 bits per heavy atom. The zero-order chi connectivity index (χ0) is 21.0. The van der Waals surface area contributed by atoms with Crippen LogP contribution in [0.4, 0.5) is 10.1 Å². The van der Waals surface area contributed by atoms with E-state index in [4.69, 9.17) is 22.7 Å². The molecule has 0 bridgehead atoms. The van der Waals surface area contributed by atoms with Crippen molar-refractivity contribution in [2.45, 2.75) is 19.4 Å². The maximum atomic E-state index is 14.4. The highest BCUT2D eigenvalue weighted by Gasteiger charge is 2.24. The number of hydrogen-bond acceptors (Lipinski definition) is 5. The van der Waals surface area contributed by atoms with Crippen molar-refractivity contribution >= 4 is 34.8 Å². The normalized spacial score (nSPS) is 18.2. The van der Waals surface area contributed by atoms with Crippen LogP contribution in [0.2, 0.25) is 5.02 Å². The summed E-state index contributed by atoms with van der Waals surface area (Å²) in [6, 6.07) is 10.4. The van der Waals surface area contributed by atoms with Gasteiger partial charge in [-0.05, 0) is 42.7 Å². The maximum Gasteiger partial charge on any atom is 0.147 e. The number of allylic oxidation sites excluding steroid dienone is 2. The van der Waals surface area contributed by atoms with Crippen molar-refractivity contribution in [1.29, 1.82) is 5.41 Å². The van der Waals surface area contributed by atoms with Gasteiger partial charge in [-0.2, -0.15) is 0 Å². The minimum atomic E-state index is -0.395. The summed E-state index contributed by atoms with van der Waals surface area (Å²) in [5, 5.41) is 17.7. The molecule has 0 amide bonds. The van der Waals surface area contributed by atoms with Crippen molar-refractivity contribution in [2.24, 2.45) is 5.73 Å². The van der Waals surface area contributed by atoms with Gasteiger partial charge in [0.2, 0.25) is 0 Å². The third-order valence-electron chi connectivity index (χ3n) is 4.90. The molecule has 6 N–H and O–H groups in total. The van der Waals surface area contributed by atoms with E-state index in [1.807, 2.05) is 25.1 Å². The summed E-state index contributed by atoms with van der Waals surface area (Å²) >= 11 is 6.25. The first-order valence-electron chi connectivity index (χ1n) is 9.39. The van der Waals surface area contributed by atoms with Crippen LogP contribution in [0, 0.1) is 11.2 Å². The minimum Gasteiger partial charge on any atom is -0.401 e. The average molecular weight is 414 g/mol. The fraction of sp³-hybridized carbons (Fsp3) is 0.227. The molecule has 0 aliphatic carbocycles. The molecule has 2 aromatic rings. The van der Waals surface area contributed by atoms with E-state index >= 15 is 0 Å². The van der Waals surface area contributed by atoms with Gasteiger partial charge in [0, 0.05) is 42.8 Å². The summed E-state index contributed by atoms with van der Waals surface area (Å²) in [5.74, 6) is -0.395. The highest BCUT2D eigenvalue weighted by atomic mass is 35.5. The Morgan fingerprint density at radius 3 is 2.79 bits per heavy atom. The number of halogens is 2. The average Bonchev–Trinajstić information content (AvgIpc) is 2.88. The monoisotopic (exact) mass is 413 g/mol. The third kappa shape index (κ3) is 4.38. The standard InChI is InChI=1S/C22H25ClFN5/c1-13(26)21-16-7-6-14(15(11-25)12-27-2)10-17(16)20(8-9-28-21)29-22-18(23)4-3-5-19(22)24/h3-7,10-12,20,25,27-29H,8-9,26H2,1-2H3/b15-12+,21-13-,25-11?. The van der Waals surface area contributed by atoms with E-state index in [1.54, 1.807) is 25.4 Å². The van der Waals surface area contributed by atoms with Crippen molar-refractivity contribution in [1.82, 2.24) is 10.6 Å². The predicted octanol–water partition coefficient (Wildman–Crippen LogP) is 4.48. The minimum absolute atomic E-state index is 0.190. The molecule has 1 aliphatic rings. The first kappa shape index (κ1) is 20.7. The zero-order valence-corrected chi connectivity index (χ0v) is 17.2. The summed E-state index contributed by atoms with van der Waals surface area (Å²) in [6.07, 6.45) is 3.77. The van der Waals surface area contributed by atoms with Gasteiger partial charge in [0.05, 0.1) is 22.4 Å². The lowest BCUT2D eigenvalue weighted by Crippen LogP contribution is -2.17. The number of nitrogens with one attached hydrogen (secondary N) is 4. The van der Waals surface area contributed by atoms with E-state index in [0.29, 0.717) is 23.7 Å². The smallest absolute Gasteiger partial charge is 0.147 e. The van der Waals surface area contributed by atoms with Crippen LogP contribution in [-0.4, -0.2) is 19.8 Å². The van der Waals surface area contributed by atoms with Gasteiger partial charge in [-0.3, -0.25) is 0 Å². The molecule has 0 fully saturated rings. The van der Waals surface area contributed by atoms with Crippen LogP contribution in [0.1, 0.15) is 36.1 Å². The Labute approximate surface area is 175 Å². The van der Waals surface area contributed by atoms with Crippen LogP contribution >= 0.6 is 11.6 Å². The molecule has 152 valence electrons. The number of nitrogens with two attached hydrogens (primary N) is 1. The molecule has 29 heavy (non-hydrogen) atoms. The number of para-hydroxylation sites is 1. The molecule has 0 spiro atoms. The molecule has 0 saturated heterocycles. The van der Waals surface area contributed by atoms with Gasteiger partial charge in [-0.1, -0.05) is 29.8 Å². The largest absolute Gasteiger partial charge is 0.401 e. The summed E-state index contributed by atoms with van der Waals surface area (Å²) < 4.78 is 14.4. The van der Waals surface area contributed by atoms with Gasteiger partial charge in [0.1, 0.15) is 5.82 Å². The highest BCUT2D eigenvalue weighted by molar-refractivity contribution is 6.33. The summed E-state index contributed by atoms with van der Waals surface area (Å²) in [4.78, 5) is 0. The number of benzene rings is 2. The molecule has 1 atom stereocenters. The Kier molecular flexibility index (Phi) is 6.44. The van der Waals surface area contributed by atoms with Gasteiger partial charge in [0.25, 0.3) is 0 Å². The molecule has 0 radical (unpaired) electrons. The van der Waals surface area contributed by atoms with Gasteiger partial charge in [-0.15, -0.1) is 0 Å². The van der Waals surface area contributed by atoms with Gasteiger partial charge in [-0.25, -0.2) is 4.39 Å². The summed E-state index contributed by atoms with van der Waals surface area (Å²) in [7, 11) is 1.79. The van der Waals surface area contributed by atoms with Crippen molar-refractivity contribution in [3.63, 3.8) is 0 Å². The summed E-state index contributed by atoms with van der Waals surface area (Å²) in [6.45, 7) is 2.52. The van der Waals surface area contributed by atoms with E-state index in [2.05, 4.69) is 16.0 Å². The van der Waals surface area contributed by atoms with Crippen LogP contribution < -0.4 is 21.7 Å². The van der Waals surface area contributed by atoms with Crippen molar-refractivity contribution in [3.8, 4) is 0 Å². The van der Waals surface area contributed by atoms with E-state index in [-0.39, 0.29) is 11.7 Å². The van der Waals surface area contributed by atoms with Gasteiger partial charge < -0.3 is 27.1 Å². The number of hydrogen-bond donors (Lipinski definition) is 5. The van der Waals surface area contributed by atoms with E-state index in [1.165, 1.54) is 12.3 Å². The molecule has 7 heteroatoms. The first-order valence-corrected chi connectivity index (χ1v) is 9.77. The van der Waals surface area contributed by atoms with Crippen LogP contribution in [0.15, 0.2) is 48.3 Å². The van der Waals surface area contributed by atoms with Crippen LogP contribution in [-0.2, 0) is 0 Å². The van der Waals surface area contributed by atoms with Crippen LogP contribution in [0.25, 0.3) is 11.3 Å². The predicted molar refractivity (Wildman–Crippen MR) is 119 cm³/mol. The molecule has 2 aromatic carbocycles. The molecule has 1 aliphatic heterocycles. The van der Waals surface area contributed by atoms with E-state index in [0.717, 1.165) is 28.0 Å². The molecule has 3 rings (SSSR count). The van der Waals surface area contributed by atoms with Crippen molar-refractivity contribution in [2.75, 3.05) is 18.9 Å². The first-order chi connectivity index (χ1) is 14.0. The lowest BCUT2D eigenvalue weighted by atomic mass is 9.92. The number of fused-ring (bicyclic) bond motifs is 1. The SMILES string of the molecule is CN/C=C(\C=N)c1ccc2c(c1)C(Nc1c(F)cccc1Cl)CCN/C2=C(/C)N. The summed E-state index contributed by atoms with van der Waals surface area (Å²) in [5.41, 5.74) is 11.5. The Bertz CT molecular complexity index is 959. The van der Waals surface area contributed by atoms with Crippen molar-refractivity contribution < 1.29 is 4.39 Å². The third-order valence-corrected chi connectivity index (χ3v) is 5.21. The quantitative estimate of drug-likeness (QED) is 0.468. The molecule has 1 unspecified atom stereocenters.